The highest BCUT2D eigenvalue weighted by Gasteiger charge is 2.09. The van der Waals surface area contributed by atoms with E-state index >= 15 is 0 Å². The van der Waals surface area contributed by atoms with Crippen LogP contribution in [0.2, 0.25) is 0 Å². The zero-order valence-corrected chi connectivity index (χ0v) is 8.13. The summed E-state index contributed by atoms with van der Waals surface area (Å²) >= 11 is 0. The van der Waals surface area contributed by atoms with E-state index in [1.807, 2.05) is 18.5 Å². The molecule has 0 saturated carbocycles. The predicted molar refractivity (Wildman–Crippen MR) is 48.2 cm³/mol. The van der Waals surface area contributed by atoms with Gasteiger partial charge in [-0.05, 0) is 19.8 Å². The van der Waals surface area contributed by atoms with E-state index in [-0.39, 0.29) is 0 Å². The van der Waals surface area contributed by atoms with Gasteiger partial charge < -0.3 is 5.11 Å². The minimum absolute atomic E-state index is 0.329. The summed E-state index contributed by atoms with van der Waals surface area (Å²) in [6.07, 6.45) is 0. The molecule has 1 rings (SSSR count). The van der Waals surface area contributed by atoms with E-state index in [9.17, 15) is 5.11 Å². The van der Waals surface area contributed by atoms with Crippen molar-refractivity contribution in [1.82, 2.24) is 9.78 Å². The van der Waals surface area contributed by atoms with Crippen LogP contribution in [0.25, 0.3) is 0 Å². The van der Waals surface area contributed by atoms with Gasteiger partial charge in [-0.1, -0.05) is 13.8 Å². The van der Waals surface area contributed by atoms with Crippen molar-refractivity contribution in [3.63, 3.8) is 0 Å². The average molecular weight is 168 g/mol. The van der Waals surface area contributed by atoms with E-state index in [2.05, 4.69) is 18.9 Å². The van der Waals surface area contributed by atoms with Crippen LogP contribution in [0.4, 0.5) is 0 Å². The second-order valence-corrected chi connectivity index (χ2v) is 3.60. The minimum Gasteiger partial charge on any atom is -0.504 e. The lowest BCUT2D eigenvalue weighted by Crippen LogP contribution is -2.07. The molecule has 0 aliphatic carbocycles. The molecule has 0 radical (unpaired) electrons. The lowest BCUT2D eigenvalue weighted by atomic mass is 10.2. The molecule has 3 nitrogen and oxygen atoms in total. The summed E-state index contributed by atoms with van der Waals surface area (Å²) in [5, 5.41) is 13.7. The molecule has 3 heteroatoms. The normalized spacial score (nSPS) is 11.1. The number of aromatic nitrogens is 2. The first kappa shape index (κ1) is 9.10. The number of rotatable bonds is 2. The van der Waals surface area contributed by atoms with Crippen LogP contribution in [-0.2, 0) is 6.54 Å². The SMILES string of the molecule is Cc1nn(CC(C)C)c(C)c1O. The van der Waals surface area contributed by atoms with Crippen molar-refractivity contribution in [2.45, 2.75) is 34.2 Å². The third kappa shape index (κ3) is 1.60. The van der Waals surface area contributed by atoms with Gasteiger partial charge in [-0.15, -0.1) is 0 Å². The summed E-state index contributed by atoms with van der Waals surface area (Å²) in [5.41, 5.74) is 1.58. The molecule has 68 valence electrons. The highest BCUT2D eigenvalue weighted by molar-refractivity contribution is 5.29. The first-order valence-electron chi connectivity index (χ1n) is 4.25. The molecule has 1 N–H and O–H groups in total. The van der Waals surface area contributed by atoms with Crippen molar-refractivity contribution in [3.05, 3.63) is 11.4 Å². The third-order valence-electron chi connectivity index (χ3n) is 1.88. The topological polar surface area (TPSA) is 38.0 Å². The molecule has 0 aliphatic rings. The fraction of sp³-hybridized carbons (Fsp3) is 0.667. The van der Waals surface area contributed by atoms with E-state index in [0.717, 1.165) is 12.2 Å². The standard InChI is InChI=1S/C9H16N2O/c1-6(2)5-11-8(4)9(12)7(3)10-11/h6,12H,5H2,1-4H3. The van der Waals surface area contributed by atoms with Crippen LogP contribution < -0.4 is 0 Å². The Morgan fingerprint density at radius 2 is 2.00 bits per heavy atom. The Labute approximate surface area is 73.0 Å². The van der Waals surface area contributed by atoms with E-state index in [4.69, 9.17) is 0 Å². The summed E-state index contributed by atoms with van der Waals surface area (Å²) < 4.78 is 1.86. The van der Waals surface area contributed by atoms with Gasteiger partial charge in [-0.25, -0.2) is 0 Å². The van der Waals surface area contributed by atoms with Gasteiger partial charge >= 0.3 is 0 Å². The van der Waals surface area contributed by atoms with Crippen LogP contribution in [0.5, 0.6) is 5.75 Å². The molecule has 0 amide bonds. The third-order valence-corrected chi connectivity index (χ3v) is 1.88. The molecule has 0 fully saturated rings. The number of aromatic hydroxyl groups is 1. The van der Waals surface area contributed by atoms with Crippen molar-refractivity contribution in [2.75, 3.05) is 0 Å². The van der Waals surface area contributed by atoms with Crippen molar-refractivity contribution >= 4 is 0 Å². The van der Waals surface area contributed by atoms with Crippen molar-refractivity contribution in [2.24, 2.45) is 5.92 Å². The van der Waals surface area contributed by atoms with Crippen molar-refractivity contribution < 1.29 is 5.11 Å². The Morgan fingerprint density at radius 3 is 2.33 bits per heavy atom. The smallest absolute Gasteiger partial charge is 0.159 e. The van der Waals surface area contributed by atoms with Crippen LogP contribution >= 0.6 is 0 Å². The van der Waals surface area contributed by atoms with E-state index in [1.54, 1.807) is 0 Å². The molecular formula is C9H16N2O. The van der Waals surface area contributed by atoms with Crippen LogP contribution in [0.1, 0.15) is 25.2 Å². The van der Waals surface area contributed by atoms with Crippen LogP contribution in [0, 0.1) is 19.8 Å². The number of hydrogen-bond acceptors (Lipinski definition) is 2. The molecule has 0 saturated heterocycles. The lowest BCUT2D eigenvalue weighted by molar-refractivity contribution is 0.451. The summed E-state index contributed by atoms with van der Waals surface area (Å²) in [7, 11) is 0. The molecule has 12 heavy (non-hydrogen) atoms. The van der Waals surface area contributed by atoms with Gasteiger partial charge in [0.15, 0.2) is 5.75 Å². The fourth-order valence-electron chi connectivity index (χ4n) is 1.21. The van der Waals surface area contributed by atoms with Crippen LogP contribution in [-0.4, -0.2) is 14.9 Å². The molecule has 0 aromatic carbocycles. The molecule has 0 unspecified atom stereocenters. The number of nitrogens with zero attached hydrogens (tertiary/aromatic N) is 2. The van der Waals surface area contributed by atoms with E-state index in [1.165, 1.54) is 0 Å². The highest BCUT2D eigenvalue weighted by atomic mass is 16.3. The number of hydrogen-bond donors (Lipinski definition) is 1. The summed E-state index contributed by atoms with van der Waals surface area (Å²) in [5.74, 6) is 0.887. The minimum atomic E-state index is 0.329. The summed E-state index contributed by atoms with van der Waals surface area (Å²) in [6.45, 7) is 8.84. The average Bonchev–Trinajstić information content (AvgIpc) is 2.17. The Balaban J connectivity index is 2.93. The zero-order valence-electron chi connectivity index (χ0n) is 8.13. The predicted octanol–water partition coefficient (Wildman–Crippen LogP) is 1.86. The summed E-state index contributed by atoms with van der Waals surface area (Å²) in [6, 6.07) is 0. The Bertz CT molecular complexity index is 276. The molecule has 1 heterocycles. The molecule has 0 spiro atoms. The zero-order chi connectivity index (χ0) is 9.30. The Morgan fingerprint density at radius 1 is 1.42 bits per heavy atom. The molecule has 0 bridgehead atoms. The summed E-state index contributed by atoms with van der Waals surface area (Å²) in [4.78, 5) is 0. The van der Waals surface area contributed by atoms with Crippen LogP contribution in [0.15, 0.2) is 0 Å². The van der Waals surface area contributed by atoms with Crippen LogP contribution in [0.3, 0.4) is 0 Å². The van der Waals surface area contributed by atoms with Gasteiger partial charge in [0, 0.05) is 6.54 Å². The lowest BCUT2D eigenvalue weighted by Gasteiger charge is -2.06. The molecule has 0 atom stereocenters. The van der Waals surface area contributed by atoms with Gasteiger partial charge in [0.1, 0.15) is 5.69 Å². The monoisotopic (exact) mass is 168 g/mol. The van der Waals surface area contributed by atoms with E-state index < -0.39 is 0 Å². The van der Waals surface area contributed by atoms with Gasteiger partial charge in [0.25, 0.3) is 0 Å². The van der Waals surface area contributed by atoms with Gasteiger partial charge in [0.05, 0.1) is 5.69 Å². The highest BCUT2D eigenvalue weighted by Crippen LogP contribution is 2.20. The second-order valence-electron chi connectivity index (χ2n) is 3.60. The fourth-order valence-corrected chi connectivity index (χ4v) is 1.21. The molecule has 0 aliphatic heterocycles. The Hall–Kier alpha value is -0.990. The van der Waals surface area contributed by atoms with E-state index in [0.29, 0.717) is 17.4 Å². The maximum absolute atomic E-state index is 9.46. The Kier molecular flexibility index (Phi) is 2.40. The quantitative estimate of drug-likeness (QED) is 0.732. The molecule has 1 aromatic heterocycles. The van der Waals surface area contributed by atoms with Crippen molar-refractivity contribution in [1.29, 1.82) is 0 Å². The second kappa shape index (κ2) is 3.17. The number of aryl methyl sites for hydroxylation is 1. The van der Waals surface area contributed by atoms with Crippen molar-refractivity contribution in [3.8, 4) is 5.75 Å². The first-order chi connectivity index (χ1) is 5.52. The largest absolute Gasteiger partial charge is 0.504 e. The maximum atomic E-state index is 9.46. The van der Waals surface area contributed by atoms with Gasteiger partial charge in [-0.2, -0.15) is 5.10 Å². The molecule has 1 aromatic rings. The van der Waals surface area contributed by atoms with Gasteiger partial charge in [-0.3, -0.25) is 4.68 Å². The molecular weight excluding hydrogens is 152 g/mol. The first-order valence-corrected chi connectivity index (χ1v) is 4.25. The van der Waals surface area contributed by atoms with Gasteiger partial charge in [0.2, 0.25) is 0 Å². The maximum Gasteiger partial charge on any atom is 0.159 e.